The maximum atomic E-state index is 5.73. The van der Waals surface area contributed by atoms with E-state index in [9.17, 15) is 0 Å². The van der Waals surface area contributed by atoms with Gasteiger partial charge in [0, 0.05) is 11.6 Å². The van der Waals surface area contributed by atoms with Crippen molar-refractivity contribution in [1.29, 1.82) is 0 Å². The first kappa shape index (κ1) is 9.33. The fourth-order valence-electron chi connectivity index (χ4n) is 1.88. The summed E-state index contributed by atoms with van der Waals surface area (Å²) in [6, 6.07) is 5.78. The van der Waals surface area contributed by atoms with Crippen LogP contribution in [0.2, 0.25) is 0 Å². The van der Waals surface area contributed by atoms with Gasteiger partial charge < -0.3 is 5.73 Å². The Hall–Kier alpha value is -1.91. The van der Waals surface area contributed by atoms with Crippen molar-refractivity contribution < 1.29 is 0 Å². The van der Waals surface area contributed by atoms with Gasteiger partial charge in [0.15, 0.2) is 5.82 Å². The second kappa shape index (κ2) is 3.30. The highest BCUT2D eigenvalue weighted by atomic mass is 15.5. The summed E-state index contributed by atoms with van der Waals surface area (Å²) in [6.45, 7) is 2.02. The van der Waals surface area contributed by atoms with Crippen LogP contribution in [0.5, 0.6) is 0 Å². The van der Waals surface area contributed by atoms with Gasteiger partial charge in [0.05, 0.1) is 5.69 Å². The second-order valence-electron chi connectivity index (χ2n) is 4.27. The number of benzene rings is 1. The predicted octanol–water partition coefficient (Wildman–Crippen LogP) is 1.43. The summed E-state index contributed by atoms with van der Waals surface area (Å²) in [5, 5.41) is 11.9. The first-order valence-electron chi connectivity index (χ1n) is 5.40. The summed E-state index contributed by atoms with van der Waals surface area (Å²) in [5.74, 6) is 1.50. The number of hydrogen-bond donors (Lipinski definition) is 1. The summed E-state index contributed by atoms with van der Waals surface area (Å²) >= 11 is 0. The molecule has 0 atom stereocenters. The molecule has 2 N–H and O–H groups in total. The zero-order chi connectivity index (χ0) is 11.1. The van der Waals surface area contributed by atoms with Crippen LogP contribution < -0.4 is 5.73 Å². The number of nitrogen functional groups attached to an aromatic ring is 1. The lowest BCUT2D eigenvalue weighted by Crippen LogP contribution is -2.04. The zero-order valence-corrected chi connectivity index (χ0v) is 9.09. The minimum absolute atomic E-state index is 0.534. The summed E-state index contributed by atoms with van der Waals surface area (Å²) < 4.78 is 1.83. The number of aromatic nitrogens is 4. The first-order chi connectivity index (χ1) is 7.75. The van der Waals surface area contributed by atoms with E-state index in [2.05, 4.69) is 15.5 Å². The van der Waals surface area contributed by atoms with Crippen LogP contribution >= 0.6 is 0 Å². The van der Waals surface area contributed by atoms with Crippen LogP contribution in [0.15, 0.2) is 18.2 Å². The van der Waals surface area contributed by atoms with Crippen LogP contribution in [0.25, 0.3) is 5.69 Å². The normalized spacial score (nSPS) is 15.3. The average Bonchev–Trinajstić information content (AvgIpc) is 2.98. The molecule has 0 unspecified atom stereocenters. The van der Waals surface area contributed by atoms with Crippen molar-refractivity contribution in [2.24, 2.45) is 0 Å². The molecular weight excluding hydrogens is 202 g/mol. The Morgan fingerprint density at radius 2 is 2.19 bits per heavy atom. The Kier molecular flexibility index (Phi) is 1.92. The third-order valence-electron chi connectivity index (χ3n) is 2.89. The molecule has 16 heavy (non-hydrogen) atoms. The largest absolute Gasteiger partial charge is 0.399 e. The van der Waals surface area contributed by atoms with Gasteiger partial charge >= 0.3 is 0 Å². The molecule has 0 aliphatic heterocycles. The second-order valence-corrected chi connectivity index (χ2v) is 4.27. The molecule has 0 bridgehead atoms. The van der Waals surface area contributed by atoms with Crippen molar-refractivity contribution in [2.45, 2.75) is 25.7 Å². The zero-order valence-electron chi connectivity index (χ0n) is 9.09. The molecule has 1 aliphatic rings. The molecule has 0 spiro atoms. The Bertz CT molecular complexity index is 527. The Morgan fingerprint density at radius 3 is 2.88 bits per heavy atom. The van der Waals surface area contributed by atoms with Gasteiger partial charge in [-0.05, 0) is 54.0 Å². The van der Waals surface area contributed by atoms with Crippen molar-refractivity contribution in [3.05, 3.63) is 29.6 Å². The molecular formula is C11H13N5. The molecule has 5 heteroatoms. The van der Waals surface area contributed by atoms with Gasteiger partial charge in [-0.25, -0.2) is 0 Å². The van der Waals surface area contributed by atoms with Crippen molar-refractivity contribution in [3.8, 4) is 5.69 Å². The molecule has 1 saturated carbocycles. The lowest BCUT2D eigenvalue weighted by Gasteiger charge is -2.07. The van der Waals surface area contributed by atoms with E-state index in [1.807, 2.05) is 29.8 Å². The van der Waals surface area contributed by atoms with Crippen LogP contribution in [-0.2, 0) is 0 Å². The van der Waals surface area contributed by atoms with Crippen molar-refractivity contribution in [3.63, 3.8) is 0 Å². The molecule has 0 saturated heterocycles. The molecule has 5 nitrogen and oxygen atoms in total. The lowest BCUT2D eigenvalue weighted by atomic mass is 10.2. The van der Waals surface area contributed by atoms with Gasteiger partial charge in [0.2, 0.25) is 0 Å². The molecule has 0 amide bonds. The van der Waals surface area contributed by atoms with E-state index in [-0.39, 0.29) is 0 Å². The number of tetrazole rings is 1. The number of aryl methyl sites for hydroxylation is 1. The molecule has 82 valence electrons. The first-order valence-corrected chi connectivity index (χ1v) is 5.40. The van der Waals surface area contributed by atoms with E-state index in [1.165, 1.54) is 12.8 Å². The number of hydrogen-bond acceptors (Lipinski definition) is 4. The third kappa shape index (κ3) is 1.44. The SMILES string of the molecule is Cc1cc(N)ccc1-n1nnnc1C1CC1. The standard InChI is InChI=1S/C11H13N5/c1-7-6-9(12)4-5-10(7)16-11(8-2-3-8)13-14-15-16/h4-6,8H,2-3,12H2,1H3. The van der Waals surface area contributed by atoms with Gasteiger partial charge in [-0.2, -0.15) is 4.68 Å². The number of rotatable bonds is 2. The molecule has 3 rings (SSSR count). The highest BCUT2D eigenvalue weighted by Gasteiger charge is 2.30. The summed E-state index contributed by atoms with van der Waals surface area (Å²) in [6.07, 6.45) is 2.38. The summed E-state index contributed by atoms with van der Waals surface area (Å²) in [4.78, 5) is 0. The van der Waals surface area contributed by atoms with Gasteiger partial charge in [-0.15, -0.1) is 5.10 Å². The van der Waals surface area contributed by atoms with E-state index in [4.69, 9.17) is 5.73 Å². The molecule has 2 aromatic rings. The maximum Gasteiger partial charge on any atom is 0.159 e. The summed E-state index contributed by atoms with van der Waals surface area (Å²) in [7, 11) is 0. The van der Waals surface area contributed by atoms with Crippen LogP contribution in [0, 0.1) is 6.92 Å². The van der Waals surface area contributed by atoms with E-state index >= 15 is 0 Å². The third-order valence-corrected chi connectivity index (χ3v) is 2.89. The molecule has 1 heterocycles. The Morgan fingerprint density at radius 1 is 1.38 bits per heavy atom. The number of nitrogens with two attached hydrogens (primary N) is 1. The fourth-order valence-corrected chi connectivity index (χ4v) is 1.88. The van der Waals surface area contributed by atoms with Crippen molar-refractivity contribution in [2.75, 3.05) is 5.73 Å². The number of anilines is 1. The van der Waals surface area contributed by atoms with E-state index in [0.29, 0.717) is 5.92 Å². The van der Waals surface area contributed by atoms with Gasteiger partial charge in [0.1, 0.15) is 0 Å². The highest BCUT2D eigenvalue weighted by molar-refractivity contribution is 5.50. The fraction of sp³-hybridized carbons (Fsp3) is 0.364. The molecule has 1 aromatic carbocycles. The quantitative estimate of drug-likeness (QED) is 0.769. The monoisotopic (exact) mass is 215 g/mol. The molecule has 1 aliphatic carbocycles. The maximum absolute atomic E-state index is 5.73. The van der Waals surface area contributed by atoms with Crippen LogP contribution in [0.1, 0.15) is 30.1 Å². The van der Waals surface area contributed by atoms with Crippen molar-refractivity contribution in [1.82, 2.24) is 20.2 Å². The van der Waals surface area contributed by atoms with Gasteiger partial charge in [0.25, 0.3) is 0 Å². The van der Waals surface area contributed by atoms with E-state index in [1.54, 1.807) is 0 Å². The predicted molar refractivity (Wildman–Crippen MR) is 60.3 cm³/mol. The number of nitrogens with zero attached hydrogens (tertiary/aromatic N) is 4. The minimum Gasteiger partial charge on any atom is -0.399 e. The molecule has 1 fully saturated rings. The topological polar surface area (TPSA) is 69.6 Å². The van der Waals surface area contributed by atoms with Gasteiger partial charge in [-0.3, -0.25) is 0 Å². The van der Waals surface area contributed by atoms with Crippen LogP contribution in [-0.4, -0.2) is 20.2 Å². The van der Waals surface area contributed by atoms with Crippen molar-refractivity contribution >= 4 is 5.69 Å². The van der Waals surface area contributed by atoms with Crippen LogP contribution in [0.3, 0.4) is 0 Å². The highest BCUT2D eigenvalue weighted by Crippen LogP contribution is 2.39. The van der Waals surface area contributed by atoms with E-state index < -0.39 is 0 Å². The smallest absolute Gasteiger partial charge is 0.159 e. The van der Waals surface area contributed by atoms with Crippen LogP contribution in [0.4, 0.5) is 5.69 Å². The molecule has 1 aromatic heterocycles. The summed E-state index contributed by atoms with van der Waals surface area (Å²) in [5.41, 5.74) is 8.60. The minimum atomic E-state index is 0.534. The Balaban J connectivity index is 2.10. The van der Waals surface area contributed by atoms with E-state index in [0.717, 1.165) is 22.8 Å². The van der Waals surface area contributed by atoms with Gasteiger partial charge in [-0.1, -0.05) is 0 Å². The average molecular weight is 215 g/mol. The molecule has 0 radical (unpaired) electrons. The Labute approximate surface area is 93.3 Å². The lowest BCUT2D eigenvalue weighted by molar-refractivity contribution is 0.759.